The zero-order chi connectivity index (χ0) is 13.1. The van der Waals surface area contributed by atoms with Gasteiger partial charge in [0.2, 0.25) is 5.91 Å². The third-order valence-corrected chi connectivity index (χ3v) is 4.36. The Balaban J connectivity index is 1.92. The van der Waals surface area contributed by atoms with E-state index in [1.807, 2.05) is 0 Å². The molecule has 2 saturated heterocycles. The second-order valence-electron chi connectivity index (χ2n) is 5.96. The summed E-state index contributed by atoms with van der Waals surface area (Å²) in [6.45, 7) is 7.10. The number of carbonyl (C=O) groups is 1. The van der Waals surface area contributed by atoms with E-state index in [9.17, 15) is 4.79 Å². The van der Waals surface area contributed by atoms with Gasteiger partial charge in [-0.1, -0.05) is 6.92 Å². The second kappa shape index (κ2) is 6.02. The van der Waals surface area contributed by atoms with Crippen molar-refractivity contribution in [2.75, 3.05) is 26.7 Å². The first-order valence-corrected chi connectivity index (χ1v) is 7.15. The van der Waals surface area contributed by atoms with Crippen molar-refractivity contribution in [1.29, 1.82) is 0 Å². The number of carbonyl (C=O) groups excluding carboxylic acids is 1. The molecule has 4 heteroatoms. The van der Waals surface area contributed by atoms with E-state index in [1.165, 1.54) is 0 Å². The Hall–Kier alpha value is -0.610. The molecule has 18 heavy (non-hydrogen) atoms. The van der Waals surface area contributed by atoms with Gasteiger partial charge in [-0.05, 0) is 38.6 Å². The first-order valence-electron chi connectivity index (χ1n) is 7.15. The van der Waals surface area contributed by atoms with Gasteiger partial charge in [0.15, 0.2) is 0 Å². The van der Waals surface area contributed by atoms with E-state index in [2.05, 4.69) is 24.1 Å². The van der Waals surface area contributed by atoms with Gasteiger partial charge in [-0.15, -0.1) is 0 Å². The summed E-state index contributed by atoms with van der Waals surface area (Å²) >= 11 is 0. The molecular formula is C14H26N2O2. The molecule has 4 atom stereocenters. The van der Waals surface area contributed by atoms with Gasteiger partial charge in [-0.2, -0.15) is 0 Å². The lowest BCUT2D eigenvalue weighted by Gasteiger charge is -2.40. The van der Waals surface area contributed by atoms with Gasteiger partial charge in [-0.25, -0.2) is 0 Å². The van der Waals surface area contributed by atoms with Crippen LogP contribution in [0.25, 0.3) is 0 Å². The van der Waals surface area contributed by atoms with E-state index in [4.69, 9.17) is 4.74 Å². The van der Waals surface area contributed by atoms with Crippen LogP contribution in [0.1, 0.15) is 33.1 Å². The number of hydrogen-bond donors (Lipinski definition) is 1. The fourth-order valence-corrected chi connectivity index (χ4v) is 3.25. The Labute approximate surface area is 110 Å². The quantitative estimate of drug-likeness (QED) is 0.806. The zero-order valence-electron chi connectivity index (χ0n) is 11.8. The number of nitrogens with one attached hydrogen (secondary N) is 1. The fourth-order valence-electron chi connectivity index (χ4n) is 3.25. The lowest BCUT2D eigenvalue weighted by atomic mass is 9.89. The number of methoxy groups -OCH3 is 1. The van der Waals surface area contributed by atoms with Gasteiger partial charge >= 0.3 is 0 Å². The summed E-state index contributed by atoms with van der Waals surface area (Å²) in [5.74, 6) is 1.13. The van der Waals surface area contributed by atoms with E-state index < -0.39 is 0 Å². The molecule has 2 heterocycles. The SMILES string of the molecule is COC1CCN(C(=O)C2CNCC(C)C2)C(C)C1. The molecule has 1 N–H and O–H groups in total. The summed E-state index contributed by atoms with van der Waals surface area (Å²) in [6.07, 6.45) is 3.30. The molecule has 0 radical (unpaired) electrons. The molecule has 0 aromatic heterocycles. The van der Waals surface area contributed by atoms with Gasteiger partial charge in [0, 0.05) is 26.2 Å². The lowest BCUT2D eigenvalue weighted by molar-refractivity contribution is -0.141. The monoisotopic (exact) mass is 254 g/mol. The highest BCUT2D eigenvalue weighted by molar-refractivity contribution is 5.79. The number of amides is 1. The average Bonchev–Trinajstić information content (AvgIpc) is 2.37. The predicted molar refractivity (Wildman–Crippen MR) is 71.3 cm³/mol. The van der Waals surface area contributed by atoms with Gasteiger partial charge in [0.05, 0.1) is 12.0 Å². The molecular weight excluding hydrogens is 228 g/mol. The van der Waals surface area contributed by atoms with Crippen LogP contribution in [-0.4, -0.2) is 49.7 Å². The summed E-state index contributed by atoms with van der Waals surface area (Å²) in [6, 6.07) is 0.313. The number of ether oxygens (including phenoxy) is 1. The molecule has 2 aliphatic heterocycles. The van der Waals surface area contributed by atoms with Crippen LogP contribution in [0.5, 0.6) is 0 Å². The average molecular weight is 254 g/mol. The third-order valence-electron chi connectivity index (χ3n) is 4.36. The van der Waals surface area contributed by atoms with Crippen LogP contribution in [0.4, 0.5) is 0 Å². The largest absolute Gasteiger partial charge is 0.381 e. The van der Waals surface area contributed by atoms with Crippen molar-refractivity contribution >= 4 is 5.91 Å². The minimum atomic E-state index is 0.176. The van der Waals surface area contributed by atoms with Crippen molar-refractivity contribution < 1.29 is 9.53 Å². The molecule has 4 nitrogen and oxygen atoms in total. The smallest absolute Gasteiger partial charge is 0.227 e. The van der Waals surface area contributed by atoms with E-state index in [0.717, 1.165) is 38.9 Å². The molecule has 0 bridgehead atoms. The van der Waals surface area contributed by atoms with Crippen LogP contribution in [0, 0.1) is 11.8 Å². The highest BCUT2D eigenvalue weighted by atomic mass is 16.5. The zero-order valence-corrected chi connectivity index (χ0v) is 11.8. The number of rotatable bonds is 2. The van der Waals surface area contributed by atoms with Gasteiger partial charge in [0.1, 0.15) is 0 Å². The van der Waals surface area contributed by atoms with Crippen LogP contribution in [0.15, 0.2) is 0 Å². The molecule has 1 amide bonds. The number of likely N-dealkylation sites (tertiary alicyclic amines) is 1. The Kier molecular flexibility index (Phi) is 4.62. The first kappa shape index (κ1) is 13.8. The van der Waals surface area contributed by atoms with Crippen LogP contribution < -0.4 is 5.32 Å². The fraction of sp³-hybridized carbons (Fsp3) is 0.929. The van der Waals surface area contributed by atoms with E-state index >= 15 is 0 Å². The summed E-state index contributed by atoms with van der Waals surface area (Å²) in [7, 11) is 1.77. The van der Waals surface area contributed by atoms with Crippen molar-refractivity contribution in [1.82, 2.24) is 10.2 Å². The second-order valence-corrected chi connectivity index (χ2v) is 5.96. The van der Waals surface area contributed by atoms with Crippen molar-refractivity contribution in [2.24, 2.45) is 11.8 Å². The number of piperidine rings is 2. The topological polar surface area (TPSA) is 41.6 Å². The van der Waals surface area contributed by atoms with Crippen LogP contribution in [0.2, 0.25) is 0 Å². The molecule has 0 aromatic rings. The van der Waals surface area contributed by atoms with Crippen LogP contribution >= 0.6 is 0 Å². The summed E-state index contributed by atoms with van der Waals surface area (Å²) < 4.78 is 5.40. The molecule has 0 saturated carbocycles. The van der Waals surface area contributed by atoms with Crippen molar-refractivity contribution in [3.63, 3.8) is 0 Å². The number of hydrogen-bond acceptors (Lipinski definition) is 3. The molecule has 2 aliphatic rings. The standard InChI is InChI=1S/C14H26N2O2/c1-10-6-12(9-15-8-10)14(17)16-5-4-13(18-3)7-11(16)2/h10-13,15H,4-9H2,1-3H3. The van der Waals surface area contributed by atoms with Gasteiger partial charge in [-0.3, -0.25) is 4.79 Å². The van der Waals surface area contributed by atoms with E-state index in [1.54, 1.807) is 7.11 Å². The van der Waals surface area contributed by atoms with Crippen molar-refractivity contribution in [3.8, 4) is 0 Å². The molecule has 0 spiro atoms. The van der Waals surface area contributed by atoms with Crippen LogP contribution in [-0.2, 0) is 9.53 Å². The van der Waals surface area contributed by atoms with Crippen molar-refractivity contribution in [2.45, 2.75) is 45.3 Å². The predicted octanol–water partition coefficient (Wildman–Crippen LogP) is 1.26. The molecule has 4 unspecified atom stereocenters. The normalized spacial score (nSPS) is 37.6. The first-order chi connectivity index (χ1) is 8.61. The maximum absolute atomic E-state index is 12.5. The maximum atomic E-state index is 12.5. The Bertz CT molecular complexity index is 296. The summed E-state index contributed by atoms with van der Waals surface area (Å²) in [5.41, 5.74) is 0. The maximum Gasteiger partial charge on any atom is 0.227 e. The molecule has 2 fully saturated rings. The summed E-state index contributed by atoms with van der Waals surface area (Å²) in [4.78, 5) is 14.6. The summed E-state index contributed by atoms with van der Waals surface area (Å²) in [5, 5.41) is 3.37. The lowest BCUT2D eigenvalue weighted by Crippen LogP contribution is -2.51. The minimum absolute atomic E-state index is 0.176. The third kappa shape index (κ3) is 3.04. The van der Waals surface area contributed by atoms with Crippen molar-refractivity contribution in [3.05, 3.63) is 0 Å². The molecule has 0 aromatic carbocycles. The Morgan fingerprint density at radius 3 is 2.67 bits per heavy atom. The molecule has 0 aliphatic carbocycles. The minimum Gasteiger partial charge on any atom is -0.381 e. The van der Waals surface area contributed by atoms with E-state index in [0.29, 0.717) is 24.0 Å². The Morgan fingerprint density at radius 1 is 1.28 bits per heavy atom. The number of nitrogens with zero attached hydrogens (tertiary/aromatic N) is 1. The highest BCUT2D eigenvalue weighted by Gasteiger charge is 2.34. The molecule has 104 valence electrons. The Morgan fingerprint density at radius 2 is 2.06 bits per heavy atom. The molecule has 2 rings (SSSR count). The van der Waals surface area contributed by atoms with Gasteiger partial charge < -0.3 is 15.0 Å². The highest BCUT2D eigenvalue weighted by Crippen LogP contribution is 2.24. The van der Waals surface area contributed by atoms with Gasteiger partial charge in [0.25, 0.3) is 0 Å². The van der Waals surface area contributed by atoms with Crippen LogP contribution in [0.3, 0.4) is 0 Å². The van der Waals surface area contributed by atoms with E-state index in [-0.39, 0.29) is 5.92 Å².